The summed E-state index contributed by atoms with van der Waals surface area (Å²) in [7, 11) is 1.61. The minimum absolute atomic E-state index is 0.0929. The van der Waals surface area contributed by atoms with E-state index in [1.54, 1.807) is 25.3 Å². The maximum absolute atomic E-state index is 12.0. The average Bonchev–Trinajstić information content (AvgIpc) is 3.11. The predicted octanol–water partition coefficient (Wildman–Crippen LogP) is 4.21. The molecule has 1 unspecified atom stereocenters. The molecule has 24 heavy (non-hydrogen) atoms. The summed E-state index contributed by atoms with van der Waals surface area (Å²) in [6.45, 7) is 0.655. The molecule has 1 aliphatic rings. The van der Waals surface area contributed by atoms with E-state index in [0.717, 1.165) is 29.9 Å². The van der Waals surface area contributed by atoms with Crippen molar-refractivity contribution in [3.05, 3.63) is 47.5 Å². The Hall–Kier alpha value is -2.24. The predicted molar refractivity (Wildman–Crippen MR) is 95.3 cm³/mol. The maximum Gasteiger partial charge on any atom is 0.253 e. The van der Waals surface area contributed by atoms with Gasteiger partial charge in [-0.15, -0.1) is 0 Å². The zero-order valence-electron chi connectivity index (χ0n) is 13.3. The van der Waals surface area contributed by atoms with Gasteiger partial charge in [-0.1, -0.05) is 11.6 Å². The Labute approximate surface area is 145 Å². The fourth-order valence-corrected chi connectivity index (χ4v) is 2.75. The van der Waals surface area contributed by atoms with E-state index in [1.807, 2.05) is 24.3 Å². The van der Waals surface area contributed by atoms with Gasteiger partial charge in [0.1, 0.15) is 11.9 Å². The zero-order valence-corrected chi connectivity index (χ0v) is 14.1. The molecule has 0 saturated carbocycles. The Bertz CT molecular complexity index is 713. The van der Waals surface area contributed by atoms with E-state index < -0.39 is 0 Å². The van der Waals surface area contributed by atoms with Crippen molar-refractivity contribution in [2.45, 2.75) is 18.9 Å². The molecule has 126 valence electrons. The number of carbonyl (C=O) groups excluding carboxylic acids is 1. The quantitative estimate of drug-likeness (QED) is 0.851. The molecule has 0 spiro atoms. The number of hydrogen-bond acceptors (Lipinski definition) is 4. The minimum atomic E-state index is -0.335. The molecule has 1 amide bonds. The number of hydrogen-bond donors (Lipinski definition) is 2. The first kappa shape index (κ1) is 16.6. The van der Waals surface area contributed by atoms with Crippen LogP contribution in [-0.4, -0.2) is 25.7 Å². The molecule has 1 fully saturated rings. The van der Waals surface area contributed by atoms with Crippen LogP contribution in [0.2, 0.25) is 5.02 Å². The van der Waals surface area contributed by atoms with E-state index in [1.165, 1.54) is 0 Å². The van der Waals surface area contributed by atoms with Gasteiger partial charge in [0.15, 0.2) is 0 Å². The van der Waals surface area contributed by atoms with Crippen LogP contribution in [0.5, 0.6) is 5.75 Å². The first-order valence-electron chi connectivity index (χ1n) is 7.79. The molecule has 0 radical (unpaired) electrons. The number of halogens is 1. The molecule has 3 rings (SSSR count). The van der Waals surface area contributed by atoms with E-state index in [0.29, 0.717) is 17.4 Å². The van der Waals surface area contributed by atoms with Crippen LogP contribution in [-0.2, 0) is 9.53 Å². The molecule has 1 atom stereocenters. The smallest absolute Gasteiger partial charge is 0.253 e. The van der Waals surface area contributed by atoms with Gasteiger partial charge in [0, 0.05) is 23.0 Å². The highest BCUT2D eigenvalue weighted by Gasteiger charge is 2.23. The van der Waals surface area contributed by atoms with Crippen molar-refractivity contribution in [1.29, 1.82) is 0 Å². The van der Waals surface area contributed by atoms with Crippen molar-refractivity contribution in [2.75, 3.05) is 24.4 Å². The SMILES string of the molecule is COc1ccc(Cl)cc1Nc1ccc(NC(=O)C2CCCO2)cc1. The van der Waals surface area contributed by atoms with E-state index in [9.17, 15) is 4.79 Å². The Kier molecular flexibility index (Phi) is 5.23. The van der Waals surface area contributed by atoms with E-state index in [2.05, 4.69) is 10.6 Å². The highest BCUT2D eigenvalue weighted by Crippen LogP contribution is 2.30. The average molecular weight is 347 g/mol. The Morgan fingerprint density at radius 1 is 1.21 bits per heavy atom. The summed E-state index contributed by atoms with van der Waals surface area (Å²) < 4.78 is 10.7. The highest BCUT2D eigenvalue weighted by molar-refractivity contribution is 6.31. The van der Waals surface area contributed by atoms with Crippen LogP contribution >= 0.6 is 11.6 Å². The third-order valence-corrected chi connectivity index (χ3v) is 4.05. The molecule has 2 aromatic rings. The topological polar surface area (TPSA) is 59.6 Å². The van der Waals surface area contributed by atoms with Crippen molar-refractivity contribution >= 4 is 34.6 Å². The van der Waals surface area contributed by atoms with Gasteiger partial charge in [0.2, 0.25) is 0 Å². The molecule has 0 bridgehead atoms. The second-order valence-corrected chi connectivity index (χ2v) is 5.97. The lowest BCUT2D eigenvalue weighted by Crippen LogP contribution is -2.26. The molecule has 1 aliphatic heterocycles. The summed E-state index contributed by atoms with van der Waals surface area (Å²) in [4.78, 5) is 12.0. The molecular formula is C18H19ClN2O3. The third kappa shape index (κ3) is 3.99. The Morgan fingerprint density at radius 2 is 1.96 bits per heavy atom. The molecule has 2 aromatic carbocycles. The normalized spacial score (nSPS) is 16.7. The lowest BCUT2D eigenvalue weighted by atomic mass is 10.2. The number of nitrogens with one attached hydrogen (secondary N) is 2. The van der Waals surface area contributed by atoms with Crippen LogP contribution in [0, 0.1) is 0 Å². The second kappa shape index (κ2) is 7.55. The number of amides is 1. The van der Waals surface area contributed by atoms with Crippen molar-refractivity contribution in [3.8, 4) is 5.75 Å². The summed E-state index contributed by atoms with van der Waals surface area (Å²) in [6, 6.07) is 12.8. The fraction of sp³-hybridized carbons (Fsp3) is 0.278. The lowest BCUT2D eigenvalue weighted by Gasteiger charge is -2.13. The number of ether oxygens (including phenoxy) is 2. The number of anilines is 3. The van der Waals surface area contributed by atoms with Crippen molar-refractivity contribution in [2.24, 2.45) is 0 Å². The van der Waals surface area contributed by atoms with Gasteiger partial charge >= 0.3 is 0 Å². The molecule has 1 saturated heterocycles. The van der Waals surface area contributed by atoms with Crippen LogP contribution in [0.3, 0.4) is 0 Å². The van der Waals surface area contributed by atoms with Crippen LogP contribution in [0.1, 0.15) is 12.8 Å². The van der Waals surface area contributed by atoms with Crippen molar-refractivity contribution < 1.29 is 14.3 Å². The molecule has 1 heterocycles. The molecule has 2 N–H and O–H groups in total. The molecule has 0 aromatic heterocycles. The summed E-state index contributed by atoms with van der Waals surface area (Å²) >= 11 is 6.03. The fourth-order valence-electron chi connectivity index (χ4n) is 2.58. The van der Waals surface area contributed by atoms with Gasteiger partial charge in [0.25, 0.3) is 5.91 Å². The van der Waals surface area contributed by atoms with Crippen LogP contribution in [0.25, 0.3) is 0 Å². The number of benzene rings is 2. The van der Waals surface area contributed by atoms with Gasteiger partial charge in [-0.3, -0.25) is 4.79 Å². The largest absolute Gasteiger partial charge is 0.495 e. The lowest BCUT2D eigenvalue weighted by molar-refractivity contribution is -0.124. The summed E-state index contributed by atoms with van der Waals surface area (Å²) in [5.74, 6) is 0.611. The number of methoxy groups -OCH3 is 1. The summed E-state index contributed by atoms with van der Waals surface area (Å²) in [5.41, 5.74) is 2.38. The maximum atomic E-state index is 12.0. The summed E-state index contributed by atoms with van der Waals surface area (Å²) in [5, 5.41) is 6.75. The Balaban J connectivity index is 1.66. The summed E-state index contributed by atoms with van der Waals surface area (Å²) in [6.07, 6.45) is 1.38. The van der Waals surface area contributed by atoms with Crippen molar-refractivity contribution in [1.82, 2.24) is 0 Å². The highest BCUT2D eigenvalue weighted by atomic mass is 35.5. The van der Waals surface area contributed by atoms with Gasteiger partial charge in [-0.25, -0.2) is 0 Å². The van der Waals surface area contributed by atoms with Crippen LogP contribution in [0.15, 0.2) is 42.5 Å². The van der Waals surface area contributed by atoms with Gasteiger partial charge < -0.3 is 20.1 Å². The first-order chi connectivity index (χ1) is 11.7. The van der Waals surface area contributed by atoms with E-state index in [-0.39, 0.29) is 12.0 Å². The van der Waals surface area contributed by atoms with Gasteiger partial charge in [0.05, 0.1) is 12.8 Å². The first-order valence-corrected chi connectivity index (χ1v) is 8.16. The molecule has 0 aliphatic carbocycles. The van der Waals surface area contributed by atoms with Crippen LogP contribution < -0.4 is 15.4 Å². The zero-order chi connectivity index (χ0) is 16.9. The van der Waals surface area contributed by atoms with Crippen molar-refractivity contribution in [3.63, 3.8) is 0 Å². The number of carbonyl (C=O) groups is 1. The molecule has 6 heteroatoms. The molecular weight excluding hydrogens is 328 g/mol. The third-order valence-electron chi connectivity index (χ3n) is 3.82. The monoisotopic (exact) mass is 346 g/mol. The van der Waals surface area contributed by atoms with Crippen LogP contribution in [0.4, 0.5) is 17.1 Å². The second-order valence-electron chi connectivity index (χ2n) is 5.54. The van der Waals surface area contributed by atoms with Gasteiger partial charge in [-0.05, 0) is 55.3 Å². The van der Waals surface area contributed by atoms with E-state index in [4.69, 9.17) is 21.1 Å². The standard InChI is InChI=1S/C18H19ClN2O3/c1-23-16-9-4-12(19)11-15(16)20-13-5-7-14(8-6-13)21-18(22)17-3-2-10-24-17/h4-9,11,17,20H,2-3,10H2,1H3,(H,21,22). The van der Waals surface area contributed by atoms with E-state index >= 15 is 0 Å². The minimum Gasteiger partial charge on any atom is -0.495 e. The molecule has 5 nitrogen and oxygen atoms in total. The van der Waals surface area contributed by atoms with Gasteiger partial charge in [-0.2, -0.15) is 0 Å². The number of rotatable bonds is 5. The Morgan fingerprint density at radius 3 is 2.62 bits per heavy atom.